The molecule has 0 aromatic heterocycles. The molecule has 2 amide bonds. The van der Waals surface area contributed by atoms with Gasteiger partial charge in [-0.05, 0) is 30.5 Å². The van der Waals surface area contributed by atoms with Gasteiger partial charge in [-0.2, -0.15) is 0 Å². The van der Waals surface area contributed by atoms with Gasteiger partial charge in [0.2, 0.25) is 11.8 Å². The molecule has 2 unspecified atom stereocenters. The van der Waals surface area contributed by atoms with Crippen molar-refractivity contribution in [2.45, 2.75) is 37.7 Å². The Morgan fingerprint density at radius 1 is 1.32 bits per heavy atom. The largest absolute Gasteiger partial charge is 0.394 e. The number of anilines is 1. The zero-order valence-corrected chi connectivity index (χ0v) is 12.6. The zero-order valence-electron chi connectivity index (χ0n) is 12.6. The van der Waals surface area contributed by atoms with Crippen LogP contribution in [0.2, 0.25) is 0 Å². The first kappa shape index (κ1) is 16.5. The van der Waals surface area contributed by atoms with Crippen LogP contribution in [0.1, 0.15) is 31.7 Å². The van der Waals surface area contributed by atoms with E-state index in [1.165, 1.54) is 0 Å². The molecule has 1 aromatic carbocycles. The van der Waals surface area contributed by atoms with Gasteiger partial charge in [0.15, 0.2) is 0 Å². The first-order valence-corrected chi connectivity index (χ1v) is 7.49. The molecule has 0 spiro atoms. The topological polar surface area (TPSA) is 98.7 Å². The molecule has 2 atom stereocenters. The van der Waals surface area contributed by atoms with Crippen LogP contribution in [-0.2, 0) is 15.0 Å². The van der Waals surface area contributed by atoms with Crippen LogP contribution < -0.4 is 10.6 Å². The number of aliphatic hydroxyl groups is 2. The molecular weight excluding hydrogens is 284 g/mol. The number of aliphatic hydroxyl groups excluding tert-OH is 2. The third-order valence-corrected chi connectivity index (χ3v) is 4.26. The molecule has 120 valence electrons. The molecule has 22 heavy (non-hydrogen) atoms. The van der Waals surface area contributed by atoms with Gasteiger partial charge in [-0.25, -0.2) is 0 Å². The van der Waals surface area contributed by atoms with E-state index in [-0.39, 0.29) is 25.0 Å². The summed E-state index contributed by atoms with van der Waals surface area (Å²) in [6.45, 7) is 1.90. The second-order valence-corrected chi connectivity index (χ2v) is 5.61. The average Bonchev–Trinajstić information content (AvgIpc) is 2.54. The van der Waals surface area contributed by atoms with Crippen molar-refractivity contribution in [3.8, 4) is 0 Å². The van der Waals surface area contributed by atoms with Crippen molar-refractivity contribution < 1.29 is 19.8 Å². The van der Waals surface area contributed by atoms with Gasteiger partial charge in [-0.15, -0.1) is 0 Å². The molecule has 6 heteroatoms. The molecule has 1 saturated heterocycles. The van der Waals surface area contributed by atoms with E-state index >= 15 is 0 Å². The van der Waals surface area contributed by atoms with E-state index in [0.717, 1.165) is 11.3 Å². The number of piperidine rings is 1. The molecular formula is C16H22N2O4. The van der Waals surface area contributed by atoms with E-state index in [0.29, 0.717) is 19.3 Å². The van der Waals surface area contributed by atoms with Crippen LogP contribution in [0, 0.1) is 0 Å². The van der Waals surface area contributed by atoms with Crippen molar-refractivity contribution in [1.82, 2.24) is 5.32 Å². The van der Waals surface area contributed by atoms with Crippen LogP contribution in [0.4, 0.5) is 5.69 Å². The van der Waals surface area contributed by atoms with Gasteiger partial charge < -0.3 is 15.5 Å². The fourth-order valence-electron chi connectivity index (χ4n) is 2.77. The summed E-state index contributed by atoms with van der Waals surface area (Å²) in [5.41, 5.74) is 1.03. The summed E-state index contributed by atoms with van der Waals surface area (Å²) in [5.74, 6) is -0.451. The third-order valence-electron chi connectivity index (χ3n) is 4.26. The van der Waals surface area contributed by atoms with Crippen molar-refractivity contribution in [1.29, 1.82) is 0 Å². The normalized spacial score (nSPS) is 23.0. The van der Waals surface area contributed by atoms with Crippen molar-refractivity contribution in [2.75, 3.05) is 18.5 Å². The van der Waals surface area contributed by atoms with Crippen molar-refractivity contribution in [3.63, 3.8) is 0 Å². The van der Waals surface area contributed by atoms with Crippen LogP contribution in [0.3, 0.4) is 0 Å². The number of carbonyl (C=O) groups is 2. The highest BCUT2D eigenvalue weighted by atomic mass is 16.3. The van der Waals surface area contributed by atoms with Crippen molar-refractivity contribution in [3.05, 3.63) is 29.8 Å². The summed E-state index contributed by atoms with van der Waals surface area (Å²) in [5, 5.41) is 23.5. The first-order valence-electron chi connectivity index (χ1n) is 7.49. The molecule has 4 N–H and O–H groups in total. The number of carbonyl (C=O) groups excluding carboxylic acids is 2. The van der Waals surface area contributed by atoms with Crippen LogP contribution >= 0.6 is 0 Å². The maximum absolute atomic E-state index is 12.3. The summed E-state index contributed by atoms with van der Waals surface area (Å²) in [4.78, 5) is 23.6. The molecule has 2 rings (SSSR count). The van der Waals surface area contributed by atoms with E-state index in [4.69, 9.17) is 5.11 Å². The van der Waals surface area contributed by atoms with E-state index in [9.17, 15) is 14.7 Å². The summed E-state index contributed by atoms with van der Waals surface area (Å²) < 4.78 is 0. The quantitative estimate of drug-likeness (QED) is 0.575. The number of hydrogen-bond acceptors (Lipinski definition) is 5. The minimum absolute atomic E-state index is 0.217. The Bertz CT molecular complexity index is 544. The number of imide groups is 1. The summed E-state index contributed by atoms with van der Waals surface area (Å²) in [6, 6.07) is 7.40. The van der Waals surface area contributed by atoms with Gasteiger partial charge in [0.25, 0.3) is 0 Å². The number of benzene rings is 1. The minimum atomic E-state index is -0.809. The van der Waals surface area contributed by atoms with E-state index in [1.54, 1.807) is 0 Å². The molecule has 0 radical (unpaired) electrons. The van der Waals surface area contributed by atoms with Crippen LogP contribution in [0.15, 0.2) is 24.3 Å². The van der Waals surface area contributed by atoms with Gasteiger partial charge in [0.1, 0.15) is 0 Å². The standard InChI is InChI=1S/C16H22N2O4/c1-2-16(8-7-14(21)18-15(16)22)11-3-5-12(6-4-11)17-9-13(20)10-19/h3-6,13,17,19-20H,2,7-10H2,1H3,(H,18,21,22). The molecule has 1 aromatic rings. The Morgan fingerprint density at radius 3 is 2.55 bits per heavy atom. The molecule has 0 aliphatic carbocycles. The van der Waals surface area contributed by atoms with Crippen molar-refractivity contribution >= 4 is 17.5 Å². The van der Waals surface area contributed by atoms with Crippen LogP contribution in [-0.4, -0.2) is 41.3 Å². The second kappa shape index (κ2) is 6.89. The monoisotopic (exact) mass is 306 g/mol. The molecule has 1 heterocycles. The van der Waals surface area contributed by atoms with Gasteiger partial charge >= 0.3 is 0 Å². The van der Waals surface area contributed by atoms with Crippen molar-refractivity contribution in [2.24, 2.45) is 0 Å². The molecule has 0 bridgehead atoms. The lowest BCUT2D eigenvalue weighted by Gasteiger charge is -2.35. The average molecular weight is 306 g/mol. The highest BCUT2D eigenvalue weighted by Crippen LogP contribution is 2.36. The lowest BCUT2D eigenvalue weighted by Crippen LogP contribution is -2.51. The number of rotatable bonds is 6. The molecule has 1 fully saturated rings. The van der Waals surface area contributed by atoms with Crippen LogP contribution in [0.25, 0.3) is 0 Å². The fraction of sp³-hybridized carbons (Fsp3) is 0.500. The van der Waals surface area contributed by atoms with Gasteiger partial charge in [0, 0.05) is 18.7 Å². The second-order valence-electron chi connectivity index (χ2n) is 5.61. The smallest absolute Gasteiger partial charge is 0.237 e. The lowest BCUT2D eigenvalue weighted by atomic mass is 9.72. The predicted molar refractivity (Wildman–Crippen MR) is 82.4 cm³/mol. The Hall–Kier alpha value is -1.92. The van der Waals surface area contributed by atoms with Crippen LogP contribution in [0.5, 0.6) is 0 Å². The Labute approximate surface area is 129 Å². The zero-order chi connectivity index (χ0) is 16.2. The van der Waals surface area contributed by atoms with E-state index < -0.39 is 11.5 Å². The number of nitrogens with one attached hydrogen (secondary N) is 2. The molecule has 6 nitrogen and oxygen atoms in total. The first-order chi connectivity index (χ1) is 10.5. The molecule has 0 saturated carbocycles. The summed E-state index contributed by atoms with van der Waals surface area (Å²) in [6.07, 6.45) is 0.686. The highest BCUT2D eigenvalue weighted by molar-refractivity contribution is 6.03. The highest BCUT2D eigenvalue weighted by Gasteiger charge is 2.42. The Morgan fingerprint density at radius 2 is 2.00 bits per heavy atom. The molecule has 1 aliphatic rings. The lowest BCUT2D eigenvalue weighted by molar-refractivity contribution is -0.138. The maximum atomic E-state index is 12.3. The summed E-state index contributed by atoms with van der Waals surface area (Å²) in [7, 11) is 0. The fourth-order valence-corrected chi connectivity index (χ4v) is 2.77. The Kier molecular flexibility index (Phi) is 5.15. The minimum Gasteiger partial charge on any atom is -0.394 e. The summed E-state index contributed by atoms with van der Waals surface area (Å²) >= 11 is 0. The molecule has 1 aliphatic heterocycles. The predicted octanol–water partition coefficient (Wildman–Crippen LogP) is 0.536. The van der Waals surface area contributed by atoms with Gasteiger partial charge in [-0.1, -0.05) is 19.1 Å². The van der Waals surface area contributed by atoms with Gasteiger partial charge in [-0.3, -0.25) is 14.9 Å². The third kappa shape index (κ3) is 3.28. The SMILES string of the molecule is CCC1(c2ccc(NCC(O)CO)cc2)CCC(=O)NC1=O. The van der Waals surface area contributed by atoms with Gasteiger partial charge in [0.05, 0.1) is 18.1 Å². The Balaban J connectivity index is 2.14. The number of hydrogen-bond donors (Lipinski definition) is 4. The van der Waals surface area contributed by atoms with E-state index in [1.807, 2.05) is 31.2 Å². The number of amides is 2. The van der Waals surface area contributed by atoms with E-state index in [2.05, 4.69) is 10.6 Å². The maximum Gasteiger partial charge on any atom is 0.237 e.